The van der Waals surface area contributed by atoms with Crippen molar-refractivity contribution in [2.45, 2.75) is 6.42 Å². The predicted octanol–water partition coefficient (Wildman–Crippen LogP) is 2.67. The Labute approximate surface area is 79.7 Å². The maximum atomic E-state index is 12.9. The van der Waals surface area contributed by atoms with Gasteiger partial charge in [0.25, 0.3) is 0 Å². The van der Waals surface area contributed by atoms with Crippen molar-refractivity contribution < 1.29 is 9.50 Å². The van der Waals surface area contributed by atoms with Gasteiger partial charge in [0.2, 0.25) is 0 Å². The minimum absolute atomic E-state index is 0.0356. The Bertz CT molecular complexity index is 289. The molecule has 1 N–H and O–H groups in total. The molecule has 0 aliphatic heterocycles. The van der Waals surface area contributed by atoms with Gasteiger partial charge < -0.3 is 5.11 Å². The second-order valence-corrected chi connectivity index (χ2v) is 3.15. The average molecular weight is 209 g/mol. The quantitative estimate of drug-likeness (QED) is 0.742. The van der Waals surface area contributed by atoms with E-state index in [1.54, 1.807) is 6.07 Å². The first-order valence-electron chi connectivity index (χ1n) is 3.39. The number of aliphatic hydroxyl groups excluding tert-OH is 1. The molecular formula is C8H7Cl2FO. The molecule has 0 spiro atoms. The van der Waals surface area contributed by atoms with Crippen molar-refractivity contribution in [1.29, 1.82) is 0 Å². The molecule has 4 heteroatoms. The minimum atomic E-state index is -0.549. The lowest BCUT2D eigenvalue weighted by Gasteiger charge is -2.03. The molecule has 0 aliphatic carbocycles. The summed E-state index contributed by atoms with van der Waals surface area (Å²) >= 11 is 11.2. The molecule has 0 aliphatic rings. The number of benzene rings is 1. The average Bonchev–Trinajstić information content (AvgIpc) is 2.00. The van der Waals surface area contributed by atoms with E-state index in [-0.39, 0.29) is 11.6 Å². The Balaban J connectivity index is 3.09. The lowest BCUT2D eigenvalue weighted by molar-refractivity contribution is 0.299. The van der Waals surface area contributed by atoms with Crippen molar-refractivity contribution in [3.8, 4) is 0 Å². The molecule has 1 rings (SSSR count). The summed E-state index contributed by atoms with van der Waals surface area (Å²) in [5, 5.41) is 8.93. The molecular weight excluding hydrogens is 202 g/mol. The Morgan fingerprint density at radius 3 is 2.58 bits per heavy atom. The van der Waals surface area contributed by atoms with E-state index in [9.17, 15) is 4.39 Å². The van der Waals surface area contributed by atoms with Crippen LogP contribution in [0.2, 0.25) is 10.0 Å². The SMILES string of the molecule is OCCc1cc(Cl)cc(F)c1Cl. The molecule has 0 bridgehead atoms. The number of hydrogen-bond donors (Lipinski definition) is 1. The van der Waals surface area contributed by atoms with Gasteiger partial charge in [0.15, 0.2) is 0 Å². The molecule has 0 unspecified atom stereocenters. The Morgan fingerprint density at radius 2 is 2.00 bits per heavy atom. The monoisotopic (exact) mass is 208 g/mol. The van der Waals surface area contributed by atoms with Gasteiger partial charge in [0.1, 0.15) is 5.82 Å². The number of aliphatic hydroxyl groups is 1. The summed E-state index contributed by atoms with van der Waals surface area (Å²) in [6.45, 7) is -0.0699. The summed E-state index contributed by atoms with van der Waals surface area (Å²) in [5.74, 6) is -0.549. The fourth-order valence-electron chi connectivity index (χ4n) is 0.912. The predicted molar refractivity (Wildman–Crippen MR) is 47.2 cm³/mol. The molecule has 1 nitrogen and oxygen atoms in total. The summed E-state index contributed by atoms with van der Waals surface area (Å²) in [7, 11) is 0. The van der Waals surface area contributed by atoms with E-state index in [0.29, 0.717) is 17.0 Å². The van der Waals surface area contributed by atoms with E-state index >= 15 is 0 Å². The normalized spacial score (nSPS) is 10.3. The van der Waals surface area contributed by atoms with E-state index in [0.717, 1.165) is 6.07 Å². The molecule has 0 amide bonds. The van der Waals surface area contributed by atoms with Gasteiger partial charge in [-0.1, -0.05) is 23.2 Å². The van der Waals surface area contributed by atoms with E-state index < -0.39 is 5.82 Å². The van der Waals surface area contributed by atoms with Crippen LogP contribution < -0.4 is 0 Å². The molecule has 1 aromatic rings. The largest absolute Gasteiger partial charge is 0.396 e. The van der Waals surface area contributed by atoms with E-state index in [1.165, 1.54) is 0 Å². The number of hydrogen-bond acceptors (Lipinski definition) is 1. The fraction of sp³-hybridized carbons (Fsp3) is 0.250. The molecule has 0 heterocycles. The molecule has 0 fully saturated rings. The zero-order chi connectivity index (χ0) is 9.14. The maximum Gasteiger partial charge on any atom is 0.143 e. The van der Waals surface area contributed by atoms with Gasteiger partial charge in [-0.25, -0.2) is 4.39 Å². The second-order valence-electron chi connectivity index (χ2n) is 2.33. The first-order valence-corrected chi connectivity index (χ1v) is 4.15. The standard InChI is InChI=1S/C8H7Cl2FO/c9-6-3-5(1-2-12)8(10)7(11)4-6/h3-4,12H,1-2H2. The van der Waals surface area contributed by atoms with E-state index in [2.05, 4.69) is 0 Å². The van der Waals surface area contributed by atoms with Crippen molar-refractivity contribution in [2.24, 2.45) is 0 Å². The van der Waals surface area contributed by atoms with Gasteiger partial charge >= 0.3 is 0 Å². The summed E-state index contributed by atoms with van der Waals surface area (Å²) < 4.78 is 12.9. The second kappa shape index (κ2) is 4.08. The molecule has 66 valence electrons. The third kappa shape index (κ3) is 2.09. The van der Waals surface area contributed by atoms with Gasteiger partial charge in [-0.2, -0.15) is 0 Å². The van der Waals surface area contributed by atoms with Crippen LogP contribution in [0, 0.1) is 5.82 Å². The zero-order valence-corrected chi connectivity index (χ0v) is 7.66. The van der Waals surface area contributed by atoms with Crippen molar-refractivity contribution in [1.82, 2.24) is 0 Å². The minimum Gasteiger partial charge on any atom is -0.396 e. The third-order valence-corrected chi connectivity index (χ3v) is 2.09. The first kappa shape index (κ1) is 9.78. The van der Waals surface area contributed by atoms with Crippen LogP contribution in [0.15, 0.2) is 12.1 Å². The summed E-state index contributed by atoms with van der Waals surface area (Å²) in [5.41, 5.74) is 0.532. The Kier molecular flexibility index (Phi) is 3.32. The zero-order valence-electron chi connectivity index (χ0n) is 6.15. The molecule has 1 aromatic carbocycles. The van der Waals surface area contributed by atoms with Crippen LogP contribution in [0.4, 0.5) is 4.39 Å². The third-order valence-electron chi connectivity index (χ3n) is 1.45. The van der Waals surface area contributed by atoms with Crippen LogP contribution in [-0.2, 0) is 6.42 Å². The number of halogens is 3. The summed E-state index contributed by atoms with van der Waals surface area (Å²) in [6.07, 6.45) is 0.316. The van der Waals surface area contributed by atoms with Gasteiger partial charge in [-0.05, 0) is 24.1 Å². The van der Waals surface area contributed by atoms with Crippen molar-refractivity contribution in [2.75, 3.05) is 6.61 Å². The lowest BCUT2D eigenvalue weighted by Crippen LogP contribution is -1.93. The van der Waals surface area contributed by atoms with Gasteiger partial charge in [0.05, 0.1) is 5.02 Å². The van der Waals surface area contributed by atoms with Gasteiger partial charge in [-0.3, -0.25) is 0 Å². The van der Waals surface area contributed by atoms with Crippen LogP contribution in [0.5, 0.6) is 0 Å². The molecule has 0 radical (unpaired) electrons. The summed E-state index contributed by atoms with van der Waals surface area (Å²) in [4.78, 5) is 0. The molecule has 0 saturated heterocycles. The topological polar surface area (TPSA) is 20.2 Å². The smallest absolute Gasteiger partial charge is 0.143 e. The van der Waals surface area contributed by atoms with Crippen molar-refractivity contribution >= 4 is 23.2 Å². The summed E-state index contributed by atoms with van der Waals surface area (Å²) in [6, 6.07) is 2.69. The Morgan fingerprint density at radius 1 is 1.33 bits per heavy atom. The molecule has 0 aromatic heterocycles. The highest BCUT2D eigenvalue weighted by Crippen LogP contribution is 2.24. The van der Waals surface area contributed by atoms with Crippen LogP contribution in [0.3, 0.4) is 0 Å². The maximum absolute atomic E-state index is 12.9. The Hall–Kier alpha value is -0.310. The molecule has 12 heavy (non-hydrogen) atoms. The molecule has 0 saturated carbocycles. The van der Waals surface area contributed by atoms with E-state index in [4.69, 9.17) is 28.3 Å². The highest BCUT2D eigenvalue weighted by molar-refractivity contribution is 6.33. The van der Waals surface area contributed by atoms with Gasteiger partial charge in [-0.15, -0.1) is 0 Å². The van der Waals surface area contributed by atoms with Crippen molar-refractivity contribution in [3.05, 3.63) is 33.6 Å². The van der Waals surface area contributed by atoms with Crippen LogP contribution in [0.25, 0.3) is 0 Å². The fourth-order valence-corrected chi connectivity index (χ4v) is 1.34. The highest BCUT2D eigenvalue weighted by Gasteiger charge is 2.07. The number of rotatable bonds is 2. The first-order chi connectivity index (χ1) is 5.65. The van der Waals surface area contributed by atoms with Gasteiger partial charge in [0, 0.05) is 11.6 Å². The molecule has 0 atom stereocenters. The lowest BCUT2D eigenvalue weighted by atomic mass is 10.1. The van der Waals surface area contributed by atoms with Crippen LogP contribution in [-0.4, -0.2) is 11.7 Å². The highest BCUT2D eigenvalue weighted by atomic mass is 35.5. The van der Waals surface area contributed by atoms with Crippen LogP contribution >= 0.6 is 23.2 Å². The van der Waals surface area contributed by atoms with Crippen LogP contribution in [0.1, 0.15) is 5.56 Å². The van der Waals surface area contributed by atoms with E-state index in [1.807, 2.05) is 0 Å². The van der Waals surface area contributed by atoms with Crippen molar-refractivity contribution in [3.63, 3.8) is 0 Å².